The van der Waals surface area contributed by atoms with Gasteiger partial charge in [0.05, 0.1) is 14.5 Å². The molecule has 0 spiro atoms. The van der Waals surface area contributed by atoms with Crippen molar-refractivity contribution >= 4 is 11.8 Å². The van der Waals surface area contributed by atoms with E-state index < -0.39 is 15.2 Å². The second-order valence-electron chi connectivity index (χ2n) is 3.45. The molecule has 0 aliphatic heterocycles. The third-order valence-corrected chi connectivity index (χ3v) is 3.36. The fourth-order valence-corrected chi connectivity index (χ4v) is 3.05. The van der Waals surface area contributed by atoms with Gasteiger partial charge in [0.25, 0.3) is 0 Å². The van der Waals surface area contributed by atoms with Crippen molar-refractivity contribution < 1.29 is 28.5 Å². The van der Waals surface area contributed by atoms with Crippen molar-refractivity contribution in [2.75, 3.05) is 0 Å². The van der Waals surface area contributed by atoms with Crippen LogP contribution in [0.5, 0.6) is 0 Å². The van der Waals surface area contributed by atoms with Crippen LogP contribution < -0.4 is 14.0 Å². The number of thioether (sulfide) groups is 1. The summed E-state index contributed by atoms with van der Waals surface area (Å²) in [6.07, 6.45) is 9.85. The summed E-state index contributed by atoms with van der Waals surface area (Å²) in [6, 6.07) is 0. The Balaban J connectivity index is 2.93. The third kappa shape index (κ3) is 4.69. The van der Waals surface area contributed by atoms with Gasteiger partial charge < -0.3 is 0 Å². The van der Waals surface area contributed by atoms with Crippen LogP contribution >= 0.6 is 11.8 Å². The van der Waals surface area contributed by atoms with E-state index in [4.69, 9.17) is 0 Å². The summed E-state index contributed by atoms with van der Waals surface area (Å²) in [5, 5.41) is 0.115. The van der Waals surface area contributed by atoms with Gasteiger partial charge in [0.15, 0.2) is 0 Å². The SMILES string of the molecule is CC(C)SC1(O[Cl+3]([O-])([O-])[O-])C=CC=CC=C1. The lowest BCUT2D eigenvalue weighted by Crippen LogP contribution is -2.63. The summed E-state index contributed by atoms with van der Waals surface area (Å²) in [5.41, 5.74) is 0. The Morgan fingerprint density at radius 3 is 1.94 bits per heavy atom. The Morgan fingerprint density at radius 1 is 1.06 bits per heavy atom. The molecule has 0 heterocycles. The molecule has 0 radical (unpaired) electrons. The molecule has 0 aromatic heterocycles. The highest BCUT2D eigenvalue weighted by atomic mass is 35.7. The first-order valence-corrected chi connectivity index (χ1v) is 6.77. The molecule has 4 nitrogen and oxygen atoms in total. The van der Waals surface area contributed by atoms with E-state index in [1.54, 1.807) is 36.5 Å². The molecule has 1 aliphatic carbocycles. The maximum Gasteiger partial charge on any atom is 0.306 e. The summed E-state index contributed by atoms with van der Waals surface area (Å²) >= 11 is 1.24. The molecule has 0 saturated heterocycles. The van der Waals surface area contributed by atoms with Crippen LogP contribution in [0.1, 0.15) is 13.8 Å². The second kappa shape index (κ2) is 5.35. The normalized spacial score (nSPS) is 19.1. The number of hydrogen-bond acceptors (Lipinski definition) is 5. The van der Waals surface area contributed by atoms with Crippen molar-refractivity contribution in [1.82, 2.24) is 0 Å². The molecule has 0 unspecified atom stereocenters. The Bertz CT molecular complexity index is 301. The Kier molecular flexibility index (Phi) is 4.61. The zero-order valence-corrected chi connectivity index (χ0v) is 10.5. The fourth-order valence-electron chi connectivity index (χ4n) is 1.23. The summed E-state index contributed by atoms with van der Waals surface area (Å²) in [6.45, 7) is 3.79. The minimum Gasteiger partial charge on any atom is -0.183 e. The van der Waals surface area contributed by atoms with Gasteiger partial charge >= 0.3 is 4.93 Å². The maximum atomic E-state index is 10.7. The Labute approximate surface area is 101 Å². The van der Waals surface area contributed by atoms with E-state index in [1.807, 2.05) is 13.8 Å². The molecule has 0 aromatic rings. The first kappa shape index (κ1) is 13.8. The molecule has 1 rings (SSSR count). The van der Waals surface area contributed by atoms with Crippen LogP contribution in [0.2, 0.25) is 0 Å². The highest BCUT2D eigenvalue weighted by Crippen LogP contribution is 2.36. The van der Waals surface area contributed by atoms with Crippen molar-refractivity contribution in [3.05, 3.63) is 36.5 Å². The molecule has 0 saturated carbocycles. The van der Waals surface area contributed by atoms with Crippen molar-refractivity contribution in [3.63, 3.8) is 0 Å². The largest absolute Gasteiger partial charge is 0.306 e. The second-order valence-corrected chi connectivity index (χ2v) is 6.17. The molecule has 1 aliphatic rings. The molecule has 0 amide bonds. The molecule has 0 N–H and O–H groups in total. The molecular formula is C10H13ClO4S. The van der Waals surface area contributed by atoms with E-state index in [1.165, 1.54) is 11.8 Å². The topological polar surface area (TPSA) is 78.4 Å². The van der Waals surface area contributed by atoms with E-state index in [0.29, 0.717) is 0 Å². The van der Waals surface area contributed by atoms with E-state index in [9.17, 15) is 14.0 Å². The Morgan fingerprint density at radius 2 is 1.56 bits per heavy atom. The number of hydrogen-bond donors (Lipinski definition) is 0. The van der Waals surface area contributed by atoms with E-state index in [-0.39, 0.29) is 5.25 Å². The molecule has 0 fully saturated rings. The minimum absolute atomic E-state index is 0.115. The third-order valence-electron chi connectivity index (χ3n) is 1.63. The molecular weight excluding hydrogens is 252 g/mol. The lowest BCUT2D eigenvalue weighted by atomic mass is 10.3. The van der Waals surface area contributed by atoms with Crippen molar-refractivity contribution in [3.8, 4) is 0 Å². The number of allylic oxidation sites excluding steroid dienone is 4. The van der Waals surface area contributed by atoms with Gasteiger partial charge in [0.1, 0.15) is 0 Å². The lowest BCUT2D eigenvalue weighted by molar-refractivity contribution is -1.92. The summed E-state index contributed by atoms with van der Waals surface area (Å²) < 4.78 is 36.7. The van der Waals surface area contributed by atoms with Gasteiger partial charge in [-0.1, -0.05) is 49.9 Å². The van der Waals surface area contributed by atoms with Crippen LogP contribution in [-0.2, 0) is 4.29 Å². The van der Waals surface area contributed by atoms with Crippen LogP contribution in [0.25, 0.3) is 0 Å². The van der Waals surface area contributed by atoms with Crippen molar-refractivity contribution in [1.29, 1.82) is 0 Å². The molecule has 90 valence electrons. The average Bonchev–Trinajstić information content (AvgIpc) is 2.25. The van der Waals surface area contributed by atoms with Gasteiger partial charge in [-0.15, -0.1) is 0 Å². The maximum absolute atomic E-state index is 10.7. The monoisotopic (exact) mass is 264 g/mol. The average molecular weight is 265 g/mol. The quantitative estimate of drug-likeness (QED) is 0.635. The standard InChI is InChI=1S/C10H13ClO4S/c1-9(2)16-10(15-11(12,13)14)7-5-3-4-6-8-10/h3-9H,1-2H3. The fraction of sp³-hybridized carbons (Fsp3) is 0.400. The van der Waals surface area contributed by atoms with Crippen molar-refractivity contribution in [2.24, 2.45) is 0 Å². The predicted molar refractivity (Wildman–Crippen MR) is 54.0 cm³/mol. The van der Waals surface area contributed by atoms with Crippen LogP contribution in [-0.4, -0.2) is 10.2 Å². The van der Waals surface area contributed by atoms with Crippen LogP contribution in [0.3, 0.4) is 0 Å². The minimum atomic E-state index is -4.46. The summed E-state index contributed by atoms with van der Waals surface area (Å²) in [5.74, 6) is 0. The van der Waals surface area contributed by atoms with Crippen LogP contribution in [0.15, 0.2) is 36.5 Å². The summed E-state index contributed by atoms with van der Waals surface area (Å²) in [4.78, 5) is -1.25. The van der Waals surface area contributed by atoms with Gasteiger partial charge in [-0.3, -0.25) is 0 Å². The van der Waals surface area contributed by atoms with Gasteiger partial charge in [-0.05, 0) is 12.2 Å². The predicted octanol–water partition coefficient (Wildman–Crippen LogP) is -0.580. The molecule has 0 atom stereocenters. The van der Waals surface area contributed by atoms with Gasteiger partial charge in [0.2, 0.25) is 0 Å². The van der Waals surface area contributed by atoms with Gasteiger partial charge in [-0.25, -0.2) is 0 Å². The van der Waals surface area contributed by atoms with Crippen LogP contribution in [0.4, 0.5) is 0 Å². The van der Waals surface area contributed by atoms with E-state index in [2.05, 4.69) is 4.29 Å². The van der Waals surface area contributed by atoms with Crippen molar-refractivity contribution in [2.45, 2.75) is 24.0 Å². The smallest absolute Gasteiger partial charge is 0.183 e. The van der Waals surface area contributed by atoms with Crippen LogP contribution in [0, 0.1) is 10.2 Å². The zero-order chi connectivity index (χ0) is 12.2. The first-order valence-electron chi connectivity index (χ1n) is 4.66. The summed E-state index contributed by atoms with van der Waals surface area (Å²) in [7, 11) is -4.46. The first-order chi connectivity index (χ1) is 7.33. The Hall–Kier alpha value is -0.300. The molecule has 0 bridgehead atoms. The van der Waals surface area contributed by atoms with Gasteiger partial charge in [-0.2, -0.15) is 14.0 Å². The highest BCUT2D eigenvalue weighted by Gasteiger charge is 2.43. The molecule has 16 heavy (non-hydrogen) atoms. The van der Waals surface area contributed by atoms with E-state index >= 15 is 0 Å². The lowest BCUT2D eigenvalue weighted by Gasteiger charge is -2.25. The van der Waals surface area contributed by atoms with E-state index in [0.717, 1.165) is 0 Å². The van der Waals surface area contributed by atoms with Gasteiger partial charge in [0, 0.05) is 5.25 Å². The number of halogens is 1. The molecule has 6 heteroatoms. The highest BCUT2D eigenvalue weighted by molar-refractivity contribution is 8.01. The zero-order valence-electron chi connectivity index (χ0n) is 8.96. The number of rotatable bonds is 4. The molecule has 0 aromatic carbocycles.